The molecule has 1 aromatic heterocycles. The number of nitrogens with zero attached hydrogens (tertiary/aromatic N) is 3. The second-order valence-electron chi connectivity index (χ2n) is 5.65. The predicted octanol–water partition coefficient (Wildman–Crippen LogP) is 1.26. The van der Waals surface area contributed by atoms with Gasteiger partial charge in [-0.15, -0.1) is 0 Å². The fourth-order valence-electron chi connectivity index (χ4n) is 2.61. The van der Waals surface area contributed by atoms with Crippen molar-refractivity contribution >= 4 is 17.6 Å². The van der Waals surface area contributed by atoms with Crippen LogP contribution in [0.1, 0.15) is 30.3 Å². The summed E-state index contributed by atoms with van der Waals surface area (Å²) in [7, 11) is 1.56. The van der Waals surface area contributed by atoms with Crippen LogP contribution in [0.25, 0.3) is 0 Å². The molecule has 0 bridgehead atoms. The summed E-state index contributed by atoms with van der Waals surface area (Å²) in [6.07, 6.45) is 2.38. The van der Waals surface area contributed by atoms with Crippen molar-refractivity contribution in [3.8, 4) is 0 Å². The van der Waals surface area contributed by atoms with E-state index in [1.807, 2.05) is 0 Å². The number of hydrogen-bond donors (Lipinski definition) is 1. The Balaban J connectivity index is 2.24. The number of carbonyl (C=O) groups is 2. The van der Waals surface area contributed by atoms with Crippen molar-refractivity contribution in [3.05, 3.63) is 28.1 Å². The monoisotopic (exact) mass is 295 g/mol. The van der Waals surface area contributed by atoms with Gasteiger partial charge in [-0.3, -0.25) is 19.7 Å². The SMILES string of the molecule is Cn1cc([N+](=O)[O-])cc1C(=O)N1CCCC(C)(C(=O)O)C1. The first-order valence-electron chi connectivity index (χ1n) is 6.58. The molecule has 0 radical (unpaired) electrons. The number of amides is 1. The number of hydrogen-bond acceptors (Lipinski definition) is 4. The molecule has 114 valence electrons. The second kappa shape index (κ2) is 5.19. The topological polar surface area (TPSA) is 106 Å². The van der Waals surface area contributed by atoms with Crippen molar-refractivity contribution in [2.24, 2.45) is 12.5 Å². The van der Waals surface area contributed by atoms with Gasteiger partial charge in [0, 0.05) is 26.2 Å². The van der Waals surface area contributed by atoms with Crippen molar-refractivity contribution in [2.45, 2.75) is 19.8 Å². The van der Waals surface area contributed by atoms with Gasteiger partial charge in [0.25, 0.3) is 11.6 Å². The molecular weight excluding hydrogens is 278 g/mol. The van der Waals surface area contributed by atoms with Crippen LogP contribution in [0.2, 0.25) is 0 Å². The fraction of sp³-hybridized carbons (Fsp3) is 0.538. The zero-order chi connectivity index (χ0) is 15.8. The van der Waals surface area contributed by atoms with E-state index in [1.54, 1.807) is 14.0 Å². The standard InChI is InChI=1S/C13H17N3O5/c1-13(12(18)19)4-3-5-15(8-13)11(17)10-6-9(16(20)21)7-14(10)2/h6-7H,3-5,8H2,1-2H3,(H,18,19). The summed E-state index contributed by atoms with van der Waals surface area (Å²) in [6.45, 7) is 2.18. The van der Waals surface area contributed by atoms with E-state index in [0.717, 1.165) is 0 Å². The number of nitro groups is 1. The normalized spacial score (nSPS) is 22.1. The van der Waals surface area contributed by atoms with E-state index in [9.17, 15) is 24.8 Å². The molecule has 1 aliphatic heterocycles. The maximum absolute atomic E-state index is 12.5. The highest BCUT2D eigenvalue weighted by Gasteiger charge is 2.40. The molecule has 8 heteroatoms. The van der Waals surface area contributed by atoms with Gasteiger partial charge in [-0.25, -0.2) is 0 Å². The number of aliphatic carboxylic acids is 1. The van der Waals surface area contributed by atoms with Crippen LogP contribution in [0, 0.1) is 15.5 Å². The molecule has 0 saturated carbocycles. The Hall–Kier alpha value is -2.38. The lowest BCUT2D eigenvalue weighted by atomic mass is 9.82. The van der Waals surface area contributed by atoms with E-state index >= 15 is 0 Å². The summed E-state index contributed by atoms with van der Waals surface area (Å²) < 4.78 is 1.40. The van der Waals surface area contributed by atoms with Crippen molar-refractivity contribution in [3.63, 3.8) is 0 Å². The summed E-state index contributed by atoms with van der Waals surface area (Å²) >= 11 is 0. The van der Waals surface area contributed by atoms with Gasteiger partial charge in [0.05, 0.1) is 16.5 Å². The second-order valence-corrected chi connectivity index (χ2v) is 5.65. The Labute approximate surface area is 121 Å². The van der Waals surface area contributed by atoms with E-state index in [-0.39, 0.29) is 23.8 Å². The lowest BCUT2D eigenvalue weighted by Gasteiger charge is -2.37. The van der Waals surface area contributed by atoms with Gasteiger partial charge in [0.2, 0.25) is 0 Å². The van der Waals surface area contributed by atoms with Crippen LogP contribution in [0.3, 0.4) is 0 Å². The van der Waals surface area contributed by atoms with Gasteiger partial charge in [0.1, 0.15) is 5.69 Å². The zero-order valence-corrected chi connectivity index (χ0v) is 11.9. The van der Waals surface area contributed by atoms with Crippen LogP contribution in [0.5, 0.6) is 0 Å². The molecule has 1 saturated heterocycles. The van der Waals surface area contributed by atoms with Crippen molar-refractivity contribution in [2.75, 3.05) is 13.1 Å². The van der Waals surface area contributed by atoms with E-state index in [0.29, 0.717) is 19.4 Å². The Morgan fingerprint density at radius 3 is 2.67 bits per heavy atom. The molecule has 1 atom stereocenters. The van der Waals surface area contributed by atoms with Gasteiger partial charge in [-0.1, -0.05) is 0 Å². The third-order valence-corrected chi connectivity index (χ3v) is 3.92. The van der Waals surface area contributed by atoms with Gasteiger partial charge >= 0.3 is 5.97 Å². The molecule has 1 N–H and O–H groups in total. The molecule has 2 rings (SSSR count). The number of carbonyl (C=O) groups excluding carboxylic acids is 1. The molecule has 0 aliphatic carbocycles. The molecule has 2 heterocycles. The molecule has 0 spiro atoms. The largest absolute Gasteiger partial charge is 0.481 e. The van der Waals surface area contributed by atoms with Gasteiger partial charge in [0.15, 0.2) is 0 Å². The zero-order valence-electron chi connectivity index (χ0n) is 11.9. The highest BCUT2D eigenvalue weighted by Crippen LogP contribution is 2.30. The number of piperidine rings is 1. The number of aromatic nitrogens is 1. The van der Waals surface area contributed by atoms with E-state index in [4.69, 9.17) is 0 Å². The predicted molar refractivity (Wildman–Crippen MR) is 72.9 cm³/mol. The van der Waals surface area contributed by atoms with Crippen LogP contribution in [0.15, 0.2) is 12.3 Å². The van der Waals surface area contributed by atoms with Crippen LogP contribution in [-0.2, 0) is 11.8 Å². The van der Waals surface area contributed by atoms with Crippen LogP contribution in [0.4, 0.5) is 5.69 Å². The molecule has 0 aromatic carbocycles. The van der Waals surface area contributed by atoms with Crippen molar-refractivity contribution in [1.82, 2.24) is 9.47 Å². The van der Waals surface area contributed by atoms with Crippen LogP contribution < -0.4 is 0 Å². The number of carboxylic acid groups (broad SMARTS) is 1. The Bertz CT molecular complexity index is 609. The molecule has 1 amide bonds. The van der Waals surface area contributed by atoms with Crippen molar-refractivity contribution < 1.29 is 19.6 Å². The third-order valence-electron chi connectivity index (χ3n) is 3.92. The van der Waals surface area contributed by atoms with Crippen LogP contribution in [-0.4, -0.2) is 44.5 Å². The first-order valence-corrected chi connectivity index (χ1v) is 6.58. The number of likely N-dealkylation sites (tertiary alicyclic amines) is 1. The molecule has 1 fully saturated rings. The number of aryl methyl sites for hydroxylation is 1. The average molecular weight is 295 g/mol. The molecule has 21 heavy (non-hydrogen) atoms. The average Bonchev–Trinajstić information content (AvgIpc) is 2.80. The Morgan fingerprint density at radius 2 is 2.14 bits per heavy atom. The van der Waals surface area contributed by atoms with Gasteiger partial charge in [-0.2, -0.15) is 0 Å². The summed E-state index contributed by atoms with van der Waals surface area (Å²) in [5, 5.41) is 20.0. The summed E-state index contributed by atoms with van der Waals surface area (Å²) in [4.78, 5) is 35.4. The first-order chi connectivity index (χ1) is 9.74. The molecule has 1 aliphatic rings. The Morgan fingerprint density at radius 1 is 1.48 bits per heavy atom. The number of rotatable bonds is 3. The highest BCUT2D eigenvalue weighted by molar-refractivity contribution is 5.94. The minimum atomic E-state index is -0.967. The smallest absolute Gasteiger partial charge is 0.311 e. The third kappa shape index (κ3) is 2.74. The minimum absolute atomic E-state index is 0.111. The molecular formula is C13H17N3O5. The first kappa shape index (κ1) is 15.0. The maximum Gasteiger partial charge on any atom is 0.311 e. The molecule has 8 nitrogen and oxygen atoms in total. The quantitative estimate of drug-likeness (QED) is 0.667. The minimum Gasteiger partial charge on any atom is -0.481 e. The van der Waals surface area contributed by atoms with E-state index in [2.05, 4.69) is 0 Å². The molecule has 1 aromatic rings. The molecule has 1 unspecified atom stereocenters. The maximum atomic E-state index is 12.5. The lowest BCUT2D eigenvalue weighted by molar-refractivity contribution is -0.384. The van der Waals surface area contributed by atoms with Crippen molar-refractivity contribution in [1.29, 1.82) is 0 Å². The summed E-state index contributed by atoms with van der Waals surface area (Å²) in [6, 6.07) is 1.22. The fourth-order valence-corrected chi connectivity index (χ4v) is 2.61. The van der Waals surface area contributed by atoms with E-state index < -0.39 is 16.3 Å². The summed E-state index contributed by atoms with van der Waals surface area (Å²) in [5.74, 6) is -1.31. The lowest BCUT2D eigenvalue weighted by Crippen LogP contribution is -2.48. The Kier molecular flexibility index (Phi) is 3.71. The van der Waals surface area contributed by atoms with E-state index in [1.165, 1.54) is 21.7 Å². The van der Waals surface area contributed by atoms with Crippen LogP contribution >= 0.6 is 0 Å². The highest BCUT2D eigenvalue weighted by atomic mass is 16.6. The van der Waals surface area contributed by atoms with Gasteiger partial charge in [-0.05, 0) is 19.8 Å². The van der Waals surface area contributed by atoms with Gasteiger partial charge < -0.3 is 14.6 Å². The number of carboxylic acids is 1. The summed E-state index contributed by atoms with van der Waals surface area (Å²) in [5.41, 5.74) is -0.930.